The maximum Gasteiger partial charge on any atom is 0.156 e. The average Bonchev–Trinajstić information content (AvgIpc) is 2.14. The molecule has 0 radical (unpaired) electrons. The Kier molecular flexibility index (Phi) is 5.19. The van der Waals surface area contributed by atoms with Crippen LogP contribution in [0.25, 0.3) is 0 Å². The standard InChI is InChI=1S/C8H16N2OS/c1-2-11-6-5-10-8-9-4-3-7-12-8/h2-7H2,1H3,(H,9,10). The Balaban J connectivity index is 2.01. The highest BCUT2D eigenvalue weighted by Gasteiger charge is 2.03. The molecule has 1 aliphatic heterocycles. The molecule has 0 bridgehead atoms. The molecule has 0 atom stereocenters. The molecular formula is C8H16N2OS. The van der Waals surface area contributed by atoms with Crippen LogP contribution < -0.4 is 5.32 Å². The molecular weight excluding hydrogens is 172 g/mol. The van der Waals surface area contributed by atoms with Gasteiger partial charge in [0.25, 0.3) is 0 Å². The Morgan fingerprint density at radius 3 is 3.25 bits per heavy atom. The van der Waals surface area contributed by atoms with Crippen LogP contribution in [-0.2, 0) is 4.74 Å². The molecule has 70 valence electrons. The average molecular weight is 188 g/mol. The zero-order chi connectivity index (χ0) is 8.65. The lowest BCUT2D eigenvalue weighted by Crippen LogP contribution is -2.27. The molecule has 4 heteroatoms. The molecule has 3 nitrogen and oxygen atoms in total. The van der Waals surface area contributed by atoms with Gasteiger partial charge in [0.05, 0.1) is 6.61 Å². The number of nitrogens with zero attached hydrogens (tertiary/aromatic N) is 1. The quantitative estimate of drug-likeness (QED) is 0.671. The maximum atomic E-state index is 5.20. The molecule has 1 N–H and O–H groups in total. The topological polar surface area (TPSA) is 33.6 Å². The Labute approximate surface area is 78.0 Å². The largest absolute Gasteiger partial charge is 0.380 e. The van der Waals surface area contributed by atoms with Crippen LogP contribution in [0.5, 0.6) is 0 Å². The van der Waals surface area contributed by atoms with E-state index in [1.54, 1.807) is 11.8 Å². The van der Waals surface area contributed by atoms with E-state index in [9.17, 15) is 0 Å². The highest BCUT2D eigenvalue weighted by atomic mass is 32.2. The van der Waals surface area contributed by atoms with Crippen LogP contribution >= 0.6 is 11.8 Å². The van der Waals surface area contributed by atoms with Crippen molar-refractivity contribution in [3.05, 3.63) is 0 Å². The van der Waals surface area contributed by atoms with Crippen LogP contribution in [0.3, 0.4) is 0 Å². The van der Waals surface area contributed by atoms with Crippen molar-refractivity contribution >= 4 is 16.9 Å². The second kappa shape index (κ2) is 6.31. The van der Waals surface area contributed by atoms with Crippen molar-refractivity contribution in [3.8, 4) is 0 Å². The van der Waals surface area contributed by atoms with E-state index in [0.717, 1.165) is 31.5 Å². The van der Waals surface area contributed by atoms with E-state index in [1.807, 2.05) is 6.92 Å². The number of rotatable bonds is 4. The molecule has 1 heterocycles. The number of hydrogen-bond donors (Lipinski definition) is 1. The fraction of sp³-hybridized carbons (Fsp3) is 0.875. The predicted molar refractivity (Wildman–Crippen MR) is 53.9 cm³/mol. The highest BCUT2D eigenvalue weighted by molar-refractivity contribution is 8.13. The van der Waals surface area contributed by atoms with Gasteiger partial charge in [-0.25, -0.2) is 0 Å². The molecule has 0 saturated heterocycles. The van der Waals surface area contributed by atoms with Crippen molar-refractivity contribution in [2.45, 2.75) is 13.3 Å². The molecule has 1 rings (SSSR count). The van der Waals surface area contributed by atoms with Gasteiger partial charge in [-0.05, 0) is 13.3 Å². The van der Waals surface area contributed by atoms with Crippen molar-refractivity contribution in [1.82, 2.24) is 5.32 Å². The zero-order valence-corrected chi connectivity index (χ0v) is 8.32. The lowest BCUT2D eigenvalue weighted by Gasteiger charge is -2.12. The number of amidine groups is 1. The summed E-state index contributed by atoms with van der Waals surface area (Å²) in [5, 5.41) is 4.33. The first-order chi connectivity index (χ1) is 5.93. The third kappa shape index (κ3) is 3.97. The van der Waals surface area contributed by atoms with Gasteiger partial charge >= 0.3 is 0 Å². The summed E-state index contributed by atoms with van der Waals surface area (Å²) in [4.78, 5) is 4.34. The van der Waals surface area contributed by atoms with Crippen LogP contribution in [0.15, 0.2) is 4.99 Å². The predicted octanol–water partition coefficient (Wildman–Crippen LogP) is 1.11. The summed E-state index contributed by atoms with van der Waals surface area (Å²) in [6, 6.07) is 0. The van der Waals surface area contributed by atoms with Gasteiger partial charge in [-0.2, -0.15) is 0 Å². The van der Waals surface area contributed by atoms with Crippen LogP contribution in [0, 0.1) is 0 Å². The van der Waals surface area contributed by atoms with Crippen LogP contribution in [0.1, 0.15) is 13.3 Å². The summed E-state index contributed by atoms with van der Waals surface area (Å²) < 4.78 is 5.20. The third-order valence-electron chi connectivity index (χ3n) is 1.52. The summed E-state index contributed by atoms with van der Waals surface area (Å²) in [5.41, 5.74) is 0. The number of ether oxygens (including phenoxy) is 1. The SMILES string of the molecule is CCOCCNC1=NCCCS1. The normalized spacial score (nSPS) is 17.2. The molecule has 0 fully saturated rings. The lowest BCUT2D eigenvalue weighted by molar-refractivity contribution is 0.152. The molecule has 0 saturated carbocycles. The van der Waals surface area contributed by atoms with Gasteiger partial charge in [-0.3, -0.25) is 4.99 Å². The second-order valence-corrected chi connectivity index (χ2v) is 3.60. The van der Waals surface area contributed by atoms with Gasteiger partial charge in [-0.15, -0.1) is 0 Å². The number of aliphatic imine (C=N–C) groups is 1. The summed E-state index contributed by atoms with van der Waals surface area (Å²) in [6.07, 6.45) is 1.21. The van der Waals surface area contributed by atoms with Gasteiger partial charge in [0, 0.05) is 25.4 Å². The fourth-order valence-corrected chi connectivity index (χ4v) is 1.79. The minimum absolute atomic E-state index is 0.774. The molecule has 0 amide bonds. The second-order valence-electron chi connectivity index (χ2n) is 2.51. The Bertz CT molecular complexity index is 150. The Morgan fingerprint density at radius 1 is 1.67 bits per heavy atom. The maximum absolute atomic E-state index is 5.20. The lowest BCUT2D eigenvalue weighted by atomic mass is 10.5. The molecule has 0 spiro atoms. The van der Waals surface area contributed by atoms with E-state index in [-0.39, 0.29) is 0 Å². The minimum Gasteiger partial charge on any atom is -0.380 e. The van der Waals surface area contributed by atoms with Gasteiger partial charge in [0.2, 0.25) is 0 Å². The van der Waals surface area contributed by atoms with Crippen molar-refractivity contribution in [3.63, 3.8) is 0 Å². The smallest absolute Gasteiger partial charge is 0.156 e. The minimum atomic E-state index is 0.774. The van der Waals surface area contributed by atoms with E-state index >= 15 is 0 Å². The molecule has 0 aromatic carbocycles. The first kappa shape index (κ1) is 9.86. The van der Waals surface area contributed by atoms with Crippen molar-refractivity contribution in [2.24, 2.45) is 4.99 Å². The summed E-state index contributed by atoms with van der Waals surface area (Å²) in [7, 11) is 0. The van der Waals surface area contributed by atoms with Crippen molar-refractivity contribution < 1.29 is 4.74 Å². The van der Waals surface area contributed by atoms with E-state index in [0.29, 0.717) is 0 Å². The van der Waals surface area contributed by atoms with E-state index in [1.165, 1.54) is 12.2 Å². The summed E-state index contributed by atoms with van der Waals surface area (Å²) in [6.45, 7) is 5.42. The first-order valence-electron chi connectivity index (χ1n) is 4.42. The number of hydrogen-bond acceptors (Lipinski definition) is 4. The van der Waals surface area contributed by atoms with Crippen LogP contribution in [0.2, 0.25) is 0 Å². The number of nitrogens with one attached hydrogen (secondary N) is 1. The van der Waals surface area contributed by atoms with E-state index in [4.69, 9.17) is 4.74 Å². The fourth-order valence-electron chi connectivity index (χ4n) is 0.941. The summed E-state index contributed by atoms with van der Waals surface area (Å²) >= 11 is 1.80. The highest BCUT2D eigenvalue weighted by Crippen LogP contribution is 2.09. The van der Waals surface area contributed by atoms with Gasteiger partial charge in [-0.1, -0.05) is 11.8 Å². The Morgan fingerprint density at radius 2 is 2.58 bits per heavy atom. The summed E-state index contributed by atoms with van der Waals surface area (Å²) in [5.74, 6) is 1.19. The van der Waals surface area contributed by atoms with Gasteiger partial charge < -0.3 is 10.1 Å². The number of thioether (sulfide) groups is 1. The molecule has 0 aromatic rings. The molecule has 0 aliphatic carbocycles. The monoisotopic (exact) mass is 188 g/mol. The van der Waals surface area contributed by atoms with Gasteiger partial charge in [0.1, 0.15) is 0 Å². The third-order valence-corrected chi connectivity index (χ3v) is 2.56. The van der Waals surface area contributed by atoms with E-state index < -0.39 is 0 Å². The zero-order valence-electron chi connectivity index (χ0n) is 7.51. The Hall–Kier alpha value is -0.220. The van der Waals surface area contributed by atoms with E-state index in [2.05, 4.69) is 10.3 Å². The molecule has 0 unspecified atom stereocenters. The van der Waals surface area contributed by atoms with Gasteiger partial charge in [0.15, 0.2) is 5.17 Å². The first-order valence-corrected chi connectivity index (χ1v) is 5.41. The van der Waals surface area contributed by atoms with Crippen LogP contribution in [-0.4, -0.2) is 37.2 Å². The van der Waals surface area contributed by atoms with Crippen molar-refractivity contribution in [1.29, 1.82) is 0 Å². The molecule has 12 heavy (non-hydrogen) atoms. The molecule has 0 aromatic heterocycles. The molecule has 1 aliphatic rings. The van der Waals surface area contributed by atoms with Crippen LogP contribution in [0.4, 0.5) is 0 Å². The van der Waals surface area contributed by atoms with Crippen molar-refractivity contribution in [2.75, 3.05) is 32.1 Å².